The zero-order valence-corrected chi connectivity index (χ0v) is 12.7. The van der Waals surface area contributed by atoms with Crippen LogP contribution in [0.4, 0.5) is 5.69 Å². The SMILES string of the molecule is COC(=O)c1cc(Oc2cccc(Br)c2)cc(C)c1N. The Kier molecular flexibility index (Phi) is 4.29. The molecule has 5 heteroatoms. The van der Waals surface area contributed by atoms with E-state index in [1.807, 2.05) is 31.2 Å². The fraction of sp³-hybridized carbons (Fsp3) is 0.133. The summed E-state index contributed by atoms with van der Waals surface area (Å²) in [6.45, 7) is 1.82. The molecule has 4 nitrogen and oxygen atoms in total. The van der Waals surface area contributed by atoms with Crippen LogP contribution in [-0.4, -0.2) is 13.1 Å². The summed E-state index contributed by atoms with van der Waals surface area (Å²) in [5.74, 6) is 0.722. The topological polar surface area (TPSA) is 61.5 Å². The van der Waals surface area contributed by atoms with Gasteiger partial charge in [-0.05, 0) is 42.8 Å². The second kappa shape index (κ2) is 5.96. The number of nitrogen functional groups attached to an aromatic ring is 1. The van der Waals surface area contributed by atoms with Crippen LogP contribution in [0.3, 0.4) is 0 Å². The third-order valence-corrected chi connectivity index (χ3v) is 3.29. The largest absolute Gasteiger partial charge is 0.465 e. The van der Waals surface area contributed by atoms with Crippen LogP contribution in [0, 0.1) is 6.92 Å². The highest BCUT2D eigenvalue weighted by Crippen LogP contribution is 2.29. The smallest absolute Gasteiger partial charge is 0.340 e. The minimum atomic E-state index is -0.481. The Morgan fingerprint density at radius 1 is 1.20 bits per heavy atom. The summed E-state index contributed by atoms with van der Waals surface area (Å²) in [4.78, 5) is 11.7. The Bertz CT molecular complexity index is 656. The first-order valence-corrected chi connectivity index (χ1v) is 6.72. The molecule has 0 spiro atoms. The van der Waals surface area contributed by atoms with E-state index in [-0.39, 0.29) is 0 Å². The molecule has 0 unspecified atom stereocenters. The molecule has 104 valence electrons. The van der Waals surface area contributed by atoms with Crippen molar-refractivity contribution in [3.05, 3.63) is 52.0 Å². The summed E-state index contributed by atoms with van der Waals surface area (Å²) in [7, 11) is 1.32. The average molecular weight is 336 g/mol. The highest BCUT2D eigenvalue weighted by atomic mass is 79.9. The van der Waals surface area contributed by atoms with Crippen LogP contribution in [-0.2, 0) is 4.74 Å². The van der Waals surface area contributed by atoms with Gasteiger partial charge in [-0.2, -0.15) is 0 Å². The first kappa shape index (κ1) is 14.4. The van der Waals surface area contributed by atoms with Crippen molar-refractivity contribution in [2.45, 2.75) is 6.92 Å². The highest BCUT2D eigenvalue weighted by Gasteiger charge is 2.14. The molecule has 0 bridgehead atoms. The van der Waals surface area contributed by atoms with Gasteiger partial charge in [0.2, 0.25) is 0 Å². The number of methoxy groups -OCH3 is 1. The number of nitrogens with two attached hydrogens (primary N) is 1. The molecule has 0 fully saturated rings. The minimum absolute atomic E-state index is 0.303. The second-order valence-corrected chi connectivity index (χ2v) is 5.17. The molecule has 2 rings (SSSR count). The number of esters is 1. The molecule has 0 aromatic heterocycles. The molecule has 2 N–H and O–H groups in total. The maximum absolute atomic E-state index is 11.7. The van der Waals surface area contributed by atoms with Crippen LogP contribution in [0.25, 0.3) is 0 Å². The van der Waals surface area contributed by atoms with Crippen molar-refractivity contribution in [1.82, 2.24) is 0 Å². The van der Waals surface area contributed by atoms with Gasteiger partial charge in [-0.1, -0.05) is 22.0 Å². The number of halogens is 1. The normalized spacial score (nSPS) is 10.2. The first-order valence-electron chi connectivity index (χ1n) is 5.93. The van der Waals surface area contributed by atoms with E-state index in [0.717, 1.165) is 10.0 Å². The summed E-state index contributed by atoms with van der Waals surface area (Å²) >= 11 is 3.38. The molecule has 0 aliphatic rings. The summed E-state index contributed by atoms with van der Waals surface area (Å²) < 4.78 is 11.4. The number of anilines is 1. The molecule has 0 saturated heterocycles. The van der Waals surface area contributed by atoms with Gasteiger partial charge in [0.25, 0.3) is 0 Å². The molecule has 0 saturated carbocycles. The number of carbonyl (C=O) groups excluding carboxylic acids is 1. The van der Waals surface area contributed by atoms with Crippen molar-refractivity contribution in [2.24, 2.45) is 0 Å². The minimum Gasteiger partial charge on any atom is -0.465 e. The quantitative estimate of drug-likeness (QED) is 0.682. The summed E-state index contributed by atoms with van der Waals surface area (Å²) in [5, 5.41) is 0. The van der Waals surface area contributed by atoms with Crippen molar-refractivity contribution in [1.29, 1.82) is 0 Å². The molecule has 20 heavy (non-hydrogen) atoms. The molecule has 0 aliphatic carbocycles. The van der Waals surface area contributed by atoms with Crippen LogP contribution in [0.15, 0.2) is 40.9 Å². The van der Waals surface area contributed by atoms with Crippen molar-refractivity contribution < 1.29 is 14.3 Å². The zero-order chi connectivity index (χ0) is 14.7. The van der Waals surface area contributed by atoms with Gasteiger partial charge in [-0.25, -0.2) is 4.79 Å². The van der Waals surface area contributed by atoms with E-state index in [9.17, 15) is 4.79 Å². The Morgan fingerprint density at radius 3 is 2.60 bits per heavy atom. The molecule has 2 aromatic carbocycles. The monoisotopic (exact) mass is 335 g/mol. The molecular formula is C15H14BrNO3. The average Bonchev–Trinajstić information content (AvgIpc) is 2.42. The van der Waals surface area contributed by atoms with Gasteiger partial charge in [0.1, 0.15) is 11.5 Å². The van der Waals surface area contributed by atoms with Gasteiger partial charge in [0.15, 0.2) is 0 Å². The number of hydrogen-bond acceptors (Lipinski definition) is 4. The van der Waals surface area contributed by atoms with E-state index < -0.39 is 5.97 Å². The number of benzene rings is 2. The number of hydrogen-bond donors (Lipinski definition) is 1. The number of ether oxygens (including phenoxy) is 2. The summed E-state index contributed by atoms with van der Waals surface area (Å²) in [5.41, 5.74) is 7.35. The van der Waals surface area contributed by atoms with Crippen molar-refractivity contribution in [2.75, 3.05) is 12.8 Å². The molecule has 0 aliphatic heterocycles. The second-order valence-electron chi connectivity index (χ2n) is 4.25. The van der Waals surface area contributed by atoms with E-state index in [1.54, 1.807) is 12.1 Å². The lowest BCUT2D eigenvalue weighted by molar-refractivity contribution is 0.0601. The Hall–Kier alpha value is -2.01. The number of rotatable bonds is 3. The van der Waals surface area contributed by atoms with E-state index in [2.05, 4.69) is 15.9 Å². The van der Waals surface area contributed by atoms with Crippen LogP contribution in [0.1, 0.15) is 15.9 Å². The molecular weight excluding hydrogens is 322 g/mol. The third kappa shape index (κ3) is 3.11. The first-order chi connectivity index (χ1) is 9.51. The lowest BCUT2D eigenvalue weighted by Gasteiger charge is -2.11. The Morgan fingerprint density at radius 2 is 1.95 bits per heavy atom. The number of aryl methyl sites for hydroxylation is 1. The molecule has 0 amide bonds. The highest BCUT2D eigenvalue weighted by molar-refractivity contribution is 9.10. The van der Waals surface area contributed by atoms with Gasteiger partial charge in [-0.15, -0.1) is 0 Å². The van der Waals surface area contributed by atoms with Crippen LogP contribution >= 0.6 is 15.9 Å². The summed E-state index contributed by atoms with van der Waals surface area (Å²) in [6.07, 6.45) is 0. The predicted octanol–water partition coefficient (Wildman–Crippen LogP) is 3.92. The van der Waals surface area contributed by atoms with Gasteiger partial charge in [0, 0.05) is 10.2 Å². The number of carbonyl (C=O) groups is 1. The predicted molar refractivity (Wildman–Crippen MR) is 81.1 cm³/mol. The van der Waals surface area contributed by atoms with E-state index in [1.165, 1.54) is 7.11 Å². The van der Waals surface area contributed by atoms with Crippen molar-refractivity contribution in [3.8, 4) is 11.5 Å². The maximum atomic E-state index is 11.7. The Labute approximate surface area is 125 Å². The Balaban J connectivity index is 2.38. The maximum Gasteiger partial charge on any atom is 0.340 e. The van der Waals surface area contributed by atoms with E-state index in [0.29, 0.717) is 22.7 Å². The fourth-order valence-electron chi connectivity index (χ4n) is 1.77. The van der Waals surface area contributed by atoms with Crippen LogP contribution in [0.2, 0.25) is 0 Å². The zero-order valence-electron chi connectivity index (χ0n) is 11.1. The lowest BCUT2D eigenvalue weighted by atomic mass is 10.1. The van der Waals surface area contributed by atoms with Crippen molar-refractivity contribution >= 4 is 27.6 Å². The summed E-state index contributed by atoms with van der Waals surface area (Å²) in [6, 6.07) is 10.8. The molecule has 0 atom stereocenters. The standard InChI is InChI=1S/C15H14BrNO3/c1-9-6-12(8-13(14(9)17)15(18)19-2)20-11-5-3-4-10(16)7-11/h3-8H,17H2,1-2H3. The van der Waals surface area contributed by atoms with Crippen molar-refractivity contribution in [3.63, 3.8) is 0 Å². The van der Waals surface area contributed by atoms with Gasteiger partial charge < -0.3 is 15.2 Å². The fourth-order valence-corrected chi connectivity index (χ4v) is 2.15. The molecule has 0 heterocycles. The molecule has 2 aromatic rings. The van der Waals surface area contributed by atoms with Gasteiger partial charge in [0.05, 0.1) is 12.7 Å². The lowest BCUT2D eigenvalue weighted by Crippen LogP contribution is -2.07. The molecule has 0 radical (unpaired) electrons. The van der Waals surface area contributed by atoms with E-state index >= 15 is 0 Å². The van der Waals surface area contributed by atoms with E-state index in [4.69, 9.17) is 15.2 Å². The van der Waals surface area contributed by atoms with Crippen LogP contribution in [0.5, 0.6) is 11.5 Å². The van der Waals surface area contributed by atoms with Gasteiger partial charge in [-0.3, -0.25) is 0 Å². The van der Waals surface area contributed by atoms with Gasteiger partial charge >= 0.3 is 5.97 Å². The van der Waals surface area contributed by atoms with Crippen LogP contribution < -0.4 is 10.5 Å². The third-order valence-electron chi connectivity index (χ3n) is 2.80.